The van der Waals surface area contributed by atoms with Gasteiger partial charge >= 0.3 is 24.0 Å². The van der Waals surface area contributed by atoms with Gasteiger partial charge in [0.05, 0.1) is 10.8 Å². The highest BCUT2D eigenvalue weighted by atomic mass is 19.3. The summed E-state index contributed by atoms with van der Waals surface area (Å²) in [7, 11) is 0. The van der Waals surface area contributed by atoms with Crippen LogP contribution in [0.2, 0.25) is 0 Å². The first-order valence-corrected chi connectivity index (χ1v) is 10.2. The molecule has 0 N–H and O–H groups in total. The predicted octanol–water partition coefficient (Wildman–Crippen LogP) is 4.11. The van der Waals surface area contributed by atoms with Crippen LogP contribution in [0.5, 0.6) is 0 Å². The van der Waals surface area contributed by atoms with Gasteiger partial charge in [-0.1, -0.05) is 6.92 Å². The average Bonchev–Trinajstić information content (AvgIpc) is 2.55. The van der Waals surface area contributed by atoms with Gasteiger partial charge in [-0.05, 0) is 77.6 Å². The van der Waals surface area contributed by atoms with Crippen LogP contribution in [-0.4, -0.2) is 37.2 Å². The summed E-state index contributed by atoms with van der Waals surface area (Å²) in [6.45, 7) is 7.81. The van der Waals surface area contributed by atoms with Gasteiger partial charge in [0.15, 0.2) is 0 Å². The maximum absolute atomic E-state index is 14.1. The van der Waals surface area contributed by atoms with Crippen LogP contribution in [0, 0.1) is 28.6 Å². The van der Waals surface area contributed by atoms with Crippen LogP contribution >= 0.6 is 0 Å². The Balaban J connectivity index is 1.85. The van der Waals surface area contributed by atoms with Gasteiger partial charge in [-0.2, -0.15) is 8.78 Å². The maximum atomic E-state index is 14.1. The van der Waals surface area contributed by atoms with Gasteiger partial charge in [-0.15, -0.1) is 0 Å². The molecular formula is C21H32F2O6. The standard InChI is InChI=1S/C21H32F2O6/c1-13-8-14-10-15(9-13)12-20(5,11-14)17(25)29-21(22,23)18(26)28-7-6-27-16(24)19(2,3)4/h13-15H,6-12H2,1-5H3. The van der Waals surface area contributed by atoms with Crippen LogP contribution in [0.4, 0.5) is 8.78 Å². The minimum Gasteiger partial charge on any atom is -0.462 e. The van der Waals surface area contributed by atoms with E-state index in [1.54, 1.807) is 27.7 Å². The quantitative estimate of drug-likeness (QED) is 0.367. The van der Waals surface area contributed by atoms with Gasteiger partial charge in [0.1, 0.15) is 13.2 Å². The Hall–Kier alpha value is -1.73. The molecule has 29 heavy (non-hydrogen) atoms. The van der Waals surface area contributed by atoms with E-state index in [4.69, 9.17) is 4.74 Å². The number of carbonyl (C=O) groups excluding carboxylic acids is 3. The van der Waals surface area contributed by atoms with Crippen molar-refractivity contribution < 1.29 is 37.4 Å². The molecule has 0 heterocycles. The SMILES string of the molecule is CC1CC2CC(C1)CC(C)(C(=O)OC(F)(F)C(=O)OCCOC(=O)C(C)(C)C)C2. The minimum atomic E-state index is -4.38. The molecule has 6 nitrogen and oxygen atoms in total. The molecule has 2 saturated carbocycles. The maximum Gasteiger partial charge on any atom is 0.504 e. The lowest BCUT2D eigenvalue weighted by Crippen LogP contribution is -2.46. The highest BCUT2D eigenvalue weighted by Crippen LogP contribution is 2.51. The van der Waals surface area contributed by atoms with Crippen LogP contribution in [0.3, 0.4) is 0 Å². The molecule has 166 valence electrons. The van der Waals surface area contributed by atoms with Gasteiger partial charge in [-0.25, -0.2) is 4.79 Å². The van der Waals surface area contributed by atoms with Crippen molar-refractivity contribution in [2.45, 2.75) is 72.8 Å². The van der Waals surface area contributed by atoms with E-state index in [-0.39, 0.29) is 6.61 Å². The molecule has 2 rings (SSSR count). The van der Waals surface area contributed by atoms with Crippen LogP contribution in [-0.2, 0) is 28.6 Å². The zero-order valence-electron chi connectivity index (χ0n) is 17.9. The summed E-state index contributed by atoms with van der Waals surface area (Å²) in [5.74, 6) is -2.38. The summed E-state index contributed by atoms with van der Waals surface area (Å²) in [6, 6.07) is 0. The second-order valence-corrected chi connectivity index (χ2v) is 9.94. The summed E-state index contributed by atoms with van der Waals surface area (Å²) in [5.41, 5.74) is -1.78. The van der Waals surface area contributed by atoms with Crippen LogP contribution in [0.1, 0.15) is 66.7 Å². The van der Waals surface area contributed by atoms with Crippen LogP contribution in [0.25, 0.3) is 0 Å². The fourth-order valence-electron chi connectivity index (χ4n) is 4.61. The van der Waals surface area contributed by atoms with Gasteiger partial charge < -0.3 is 14.2 Å². The molecule has 0 aliphatic heterocycles. The Labute approximate surface area is 170 Å². The number of fused-ring (bicyclic) bond motifs is 2. The first-order valence-electron chi connectivity index (χ1n) is 10.2. The Morgan fingerprint density at radius 2 is 1.41 bits per heavy atom. The molecule has 0 saturated heterocycles. The number of ether oxygens (including phenoxy) is 3. The van der Waals surface area contributed by atoms with Crippen molar-refractivity contribution >= 4 is 17.9 Å². The van der Waals surface area contributed by atoms with Gasteiger partial charge in [0.25, 0.3) is 0 Å². The van der Waals surface area contributed by atoms with E-state index in [2.05, 4.69) is 16.4 Å². The lowest BCUT2D eigenvalue weighted by atomic mass is 9.59. The molecule has 2 bridgehead atoms. The van der Waals surface area contributed by atoms with Crippen molar-refractivity contribution in [1.82, 2.24) is 0 Å². The number of hydrogen-bond donors (Lipinski definition) is 0. The van der Waals surface area contributed by atoms with Crippen molar-refractivity contribution in [1.29, 1.82) is 0 Å². The molecule has 0 aromatic rings. The highest BCUT2D eigenvalue weighted by molar-refractivity contribution is 5.83. The molecule has 0 spiro atoms. The fourth-order valence-corrected chi connectivity index (χ4v) is 4.61. The predicted molar refractivity (Wildman–Crippen MR) is 99.7 cm³/mol. The van der Waals surface area contributed by atoms with Crippen LogP contribution in [0.15, 0.2) is 0 Å². The molecule has 2 fully saturated rings. The second kappa shape index (κ2) is 8.56. The molecule has 0 radical (unpaired) electrons. The first-order chi connectivity index (χ1) is 13.2. The summed E-state index contributed by atoms with van der Waals surface area (Å²) in [4.78, 5) is 35.8. The largest absolute Gasteiger partial charge is 0.504 e. The van der Waals surface area contributed by atoms with E-state index in [0.717, 1.165) is 19.3 Å². The van der Waals surface area contributed by atoms with Crippen molar-refractivity contribution in [3.63, 3.8) is 0 Å². The monoisotopic (exact) mass is 418 g/mol. The lowest BCUT2D eigenvalue weighted by Gasteiger charge is -2.45. The van der Waals surface area contributed by atoms with Crippen molar-refractivity contribution in [3.05, 3.63) is 0 Å². The highest BCUT2D eigenvalue weighted by Gasteiger charge is 2.52. The zero-order valence-corrected chi connectivity index (χ0v) is 17.9. The minimum absolute atomic E-state index is 0.313. The normalized spacial score (nSPS) is 29.7. The van der Waals surface area contributed by atoms with Crippen molar-refractivity contribution in [2.75, 3.05) is 13.2 Å². The van der Waals surface area contributed by atoms with E-state index >= 15 is 0 Å². The molecule has 0 aromatic carbocycles. The molecule has 8 heteroatoms. The number of alkyl halides is 2. The fraction of sp³-hybridized carbons (Fsp3) is 0.857. The average molecular weight is 418 g/mol. The van der Waals surface area contributed by atoms with E-state index in [0.29, 0.717) is 30.6 Å². The molecular weight excluding hydrogens is 386 g/mol. The third-order valence-corrected chi connectivity index (χ3v) is 5.73. The number of hydrogen-bond acceptors (Lipinski definition) is 6. The molecule has 2 aliphatic rings. The molecule has 0 aromatic heterocycles. The number of carbonyl (C=O) groups is 3. The topological polar surface area (TPSA) is 78.9 Å². The summed E-state index contributed by atoms with van der Waals surface area (Å²) >= 11 is 0. The zero-order chi connectivity index (χ0) is 22.0. The smallest absolute Gasteiger partial charge is 0.462 e. The van der Waals surface area contributed by atoms with E-state index in [9.17, 15) is 23.2 Å². The van der Waals surface area contributed by atoms with Crippen molar-refractivity contribution in [3.8, 4) is 0 Å². The Bertz CT molecular complexity index is 622. The number of rotatable bonds is 6. The third kappa shape index (κ3) is 6.12. The van der Waals surface area contributed by atoms with Crippen LogP contribution < -0.4 is 0 Å². The molecule has 2 aliphatic carbocycles. The Morgan fingerprint density at radius 1 is 0.931 bits per heavy atom. The van der Waals surface area contributed by atoms with Gasteiger partial charge in [0, 0.05) is 0 Å². The van der Waals surface area contributed by atoms with E-state index in [1.807, 2.05) is 0 Å². The third-order valence-electron chi connectivity index (χ3n) is 5.73. The summed E-state index contributed by atoms with van der Waals surface area (Å²) in [5, 5.41) is 0. The Morgan fingerprint density at radius 3 is 1.90 bits per heavy atom. The molecule has 2 atom stereocenters. The van der Waals surface area contributed by atoms with Crippen molar-refractivity contribution in [2.24, 2.45) is 28.6 Å². The molecule has 0 amide bonds. The van der Waals surface area contributed by atoms with Gasteiger partial charge in [0.2, 0.25) is 0 Å². The first kappa shape index (κ1) is 23.5. The number of halogens is 2. The van der Waals surface area contributed by atoms with E-state index in [1.165, 1.54) is 0 Å². The second-order valence-electron chi connectivity index (χ2n) is 9.94. The Kier molecular flexibility index (Phi) is 6.95. The lowest BCUT2D eigenvalue weighted by molar-refractivity contribution is -0.252. The van der Waals surface area contributed by atoms with E-state index < -0.39 is 41.5 Å². The summed E-state index contributed by atoms with van der Waals surface area (Å²) < 4.78 is 41.8. The summed E-state index contributed by atoms with van der Waals surface area (Å²) in [6.07, 6.45) is -0.440. The molecule has 2 unspecified atom stereocenters. The van der Waals surface area contributed by atoms with Gasteiger partial charge in [-0.3, -0.25) is 9.59 Å². The number of esters is 3.